The highest BCUT2D eigenvalue weighted by molar-refractivity contribution is 7.73. The van der Waals surface area contributed by atoms with Gasteiger partial charge in [0.1, 0.15) is 22.3 Å². The molecule has 0 amide bonds. The molecule has 0 radical (unpaired) electrons. The second kappa shape index (κ2) is 3.64. The van der Waals surface area contributed by atoms with Crippen molar-refractivity contribution in [3.05, 3.63) is 23.5 Å². The van der Waals surface area contributed by atoms with E-state index < -0.39 is 38.6 Å². The van der Waals surface area contributed by atoms with Crippen LogP contribution in [0.1, 0.15) is 0 Å². The molecule has 3 N–H and O–H groups in total. The van der Waals surface area contributed by atoms with Gasteiger partial charge in [0.15, 0.2) is 0 Å². The van der Waals surface area contributed by atoms with Crippen LogP contribution in [0.25, 0.3) is 0 Å². The van der Waals surface area contributed by atoms with Crippen molar-refractivity contribution in [2.75, 3.05) is 0 Å². The molecule has 1 atom stereocenters. The fraction of sp³-hybridized carbons (Fsp3) is 0.143. The van der Waals surface area contributed by atoms with Crippen LogP contribution < -0.4 is 0 Å². The number of allylic oxidation sites excluding steroid dienone is 1. The Kier molecular flexibility index (Phi) is 2.73. The minimum Gasteiger partial charge on any atom is -0.507 e. The van der Waals surface area contributed by atoms with E-state index >= 15 is 0 Å². The highest BCUT2D eigenvalue weighted by atomic mass is 32.2. The zero-order valence-electron chi connectivity index (χ0n) is 6.71. The molecular weight excluding hydrogens is 212 g/mol. The van der Waals surface area contributed by atoms with Crippen LogP contribution in [-0.2, 0) is 15.1 Å². The van der Waals surface area contributed by atoms with Crippen LogP contribution in [0.2, 0.25) is 0 Å². The van der Waals surface area contributed by atoms with Gasteiger partial charge in [-0.05, 0) is 12.2 Å². The largest absolute Gasteiger partial charge is 0.507 e. The standard InChI is InChI=1S/C7H6O6S/c8-3-1-2-4(14(12)13)6(9)5(3)7(10)11/h1-2,6,8-9H,(H,10,11). The van der Waals surface area contributed by atoms with Gasteiger partial charge in [-0.25, -0.2) is 4.79 Å². The van der Waals surface area contributed by atoms with Gasteiger partial charge in [0, 0.05) is 0 Å². The summed E-state index contributed by atoms with van der Waals surface area (Å²) >= 11 is 0. The smallest absolute Gasteiger partial charge is 0.338 e. The predicted octanol–water partition coefficient (Wildman–Crippen LogP) is -1.13. The van der Waals surface area contributed by atoms with E-state index in [1.165, 1.54) is 0 Å². The Balaban J connectivity index is 3.37. The fourth-order valence-electron chi connectivity index (χ4n) is 0.998. The maximum atomic E-state index is 10.5. The van der Waals surface area contributed by atoms with Gasteiger partial charge in [0.25, 0.3) is 0 Å². The molecule has 1 unspecified atom stereocenters. The molecule has 1 aliphatic carbocycles. The molecule has 0 aromatic rings. The molecule has 6 nitrogen and oxygen atoms in total. The van der Waals surface area contributed by atoms with Gasteiger partial charge >= 0.3 is 5.97 Å². The number of aliphatic carboxylic acids is 1. The second-order valence-electron chi connectivity index (χ2n) is 2.48. The second-order valence-corrected chi connectivity index (χ2v) is 3.42. The fourth-order valence-corrected chi connectivity index (χ4v) is 1.48. The molecule has 14 heavy (non-hydrogen) atoms. The van der Waals surface area contributed by atoms with Gasteiger partial charge in [-0.1, -0.05) is 0 Å². The average molecular weight is 218 g/mol. The van der Waals surface area contributed by atoms with E-state index in [0.717, 1.165) is 12.2 Å². The van der Waals surface area contributed by atoms with Crippen molar-refractivity contribution in [2.45, 2.75) is 6.10 Å². The normalized spacial score (nSPS) is 21.2. The van der Waals surface area contributed by atoms with Crippen LogP contribution in [0.3, 0.4) is 0 Å². The van der Waals surface area contributed by atoms with Crippen molar-refractivity contribution < 1.29 is 28.5 Å². The third-order valence-corrected chi connectivity index (χ3v) is 2.39. The minimum atomic E-state index is -2.71. The van der Waals surface area contributed by atoms with Crippen molar-refractivity contribution >= 4 is 21.1 Å². The summed E-state index contributed by atoms with van der Waals surface area (Å²) in [6, 6.07) is 0. The van der Waals surface area contributed by atoms with E-state index in [-0.39, 0.29) is 0 Å². The number of hydrogen-bond acceptors (Lipinski definition) is 5. The molecule has 7 heteroatoms. The predicted molar refractivity (Wildman–Crippen MR) is 46.4 cm³/mol. The maximum Gasteiger partial charge on any atom is 0.338 e. The summed E-state index contributed by atoms with van der Waals surface area (Å²) < 4.78 is 21.0. The Morgan fingerprint density at radius 1 is 1.36 bits per heavy atom. The van der Waals surface area contributed by atoms with Gasteiger partial charge in [-0.3, -0.25) is 0 Å². The van der Waals surface area contributed by atoms with Gasteiger partial charge in [-0.2, -0.15) is 8.42 Å². The zero-order valence-corrected chi connectivity index (χ0v) is 7.52. The lowest BCUT2D eigenvalue weighted by Crippen LogP contribution is -2.30. The Hall–Kier alpha value is -1.60. The third kappa shape index (κ3) is 1.68. The number of carboxylic acids is 1. The number of carboxylic acid groups (broad SMARTS) is 1. The molecule has 1 aliphatic rings. The van der Waals surface area contributed by atoms with E-state index in [1.54, 1.807) is 0 Å². The Labute approximate surface area is 79.9 Å². The lowest BCUT2D eigenvalue weighted by atomic mass is 10.0. The Morgan fingerprint density at radius 3 is 2.36 bits per heavy atom. The van der Waals surface area contributed by atoms with E-state index in [2.05, 4.69) is 0 Å². The molecule has 76 valence electrons. The van der Waals surface area contributed by atoms with Gasteiger partial charge in [-0.15, -0.1) is 0 Å². The van der Waals surface area contributed by atoms with E-state index in [9.17, 15) is 18.3 Å². The summed E-state index contributed by atoms with van der Waals surface area (Å²) in [4.78, 5) is 10.0. The molecule has 0 bridgehead atoms. The SMILES string of the molecule is O=C(O)C1=C(O)C=CC(=S(=O)=O)C1O. The highest BCUT2D eigenvalue weighted by Gasteiger charge is 2.29. The summed E-state index contributed by atoms with van der Waals surface area (Å²) in [7, 11) is -2.71. The van der Waals surface area contributed by atoms with Crippen molar-refractivity contribution in [3.8, 4) is 0 Å². The quantitative estimate of drug-likeness (QED) is 0.480. The first-order valence-electron chi connectivity index (χ1n) is 3.44. The lowest BCUT2D eigenvalue weighted by Gasteiger charge is -2.14. The van der Waals surface area contributed by atoms with Crippen LogP contribution in [-0.4, -0.2) is 40.7 Å². The first-order valence-corrected chi connectivity index (χ1v) is 4.51. The van der Waals surface area contributed by atoms with Gasteiger partial charge in [0.2, 0.25) is 10.3 Å². The maximum absolute atomic E-state index is 10.5. The lowest BCUT2D eigenvalue weighted by molar-refractivity contribution is -0.133. The van der Waals surface area contributed by atoms with Crippen LogP contribution in [0.15, 0.2) is 23.5 Å². The summed E-state index contributed by atoms with van der Waals surface area (Å²) in [5.74, 6) is -2.22. The number of aliphatic hydroxyl groups excluding tert-OH is 2. The minimum absolute atomic E-state index is 0.486. The van der Waals surface area contributed by atoms with E-state index in [4.69, 9.17) is 10.2 Å². The van der Waals surface area contributed by atoms with Crippen LogP contribution >= 0.6 is 0 Å². The first kappa shape index (κ1) is 10.5. The van der Waals surface area contributed by atoms with Crippen LogP contribution in [0.5, 0.6) is 0 Å². The summed E-state index contributed by atoms with van der Waals surface area (Å²) in [6.07, 6.45) is 0.0208. The summed E-state index contributed by atoms with van der Waals surface area (Å²) in [5.41, 5.74) is -0.744. The first-order chi connectivity index (χ1) is 6.45. The molecule has 0 aromatic heterocycles. The van der Waals surface area contributed by atoms with Crippen molar-refractivity contribution in [1.29, 1.82) is 0 Å². The third-order valence-electron chi connectivity index (χ3n) is 1.65. The molecule has 0 fully saturated rings. The van der Waals surface area contributed by atoms with Crippen molar-refractivity contribution in [2.24, 2.45) is 0 Å². The zero-order chi connectivity index (χ0) is 10.9. The highest BCUT2D eigenvalue weighted by Crippen LogP contribution is 2.16. The molecular formula is C7H6O6S. The van der Waals surface area contributed by atoms with Crippen LogP contribution in [0, 0.1) is 0 Å². The van der Waals surface area contributed by atoms with Gasteiger partial charge < -0.3 is 15.3 Å². The topological polar surface area (TPSA) is 112 Å². The van der Waals surface area contributed by atoms with E-state index in [0.29, 0.717) is 0 Å². The Bertz CT molecular complexity index is 458. The molecule has 0 aliphatic heterocycles. The molecule has 0 aromatic carbocycles. The summed E-state index contributed by atoms with van der Waals surface area (Å²) in [6.45, 7) is 0. The molecule has 0 heterocycles. The molecule has 0 saturated carbocycles. The monoisotopic (exact) mass is 218 g/mol. The molecule has 0 spiro atoms. The van der Waals surface area contributed by atoms with Crippen molar-refractivity contribution in [3.63, 3.8) is 0 Å². The number of rotatable bonds is 1. The average Bonchev–Trinajstić information content (AvgIpc) is 2.02. The number of aliphatic hydroxyl groups is 2. The molecule has 0 saturated heterocycles. The molecule has 1 rings (SSSR count). The van der Waals surface area contributed by atoms with Crippen LogP contribution in [0.4, 0.5) is 0 Å². The number of hydrogen-bond donors (Lipinski definition) is 3. The van der Waals surface area contributed by atoms with E-state index in [1.807, 2.05) is 0 Å². The number of carbonyl (C=O) groups is 1. The van der Waals surface area contributed by atoms with Crippen molar-refractivity contribution in [1.82, 2.24) is 0 Å². The Morgan fingerprint density at radius 2 is 1.93 bits per heavy atom. The van der Waals surface area contributed by atoms with Gasteiger partial charge in [0.05, 0.1) is 0 Å². The summed E-state index contributed by atoms with van der Waals surface area (Å²) in [5, 5.41) is 26.9.